The van der Waals surface area contributed by atoms with Crippen molar-refractivity contribution in [2.24, 2.45) is 11.7 Å². The number of aromatic nitrogens is 1. The van der Waals surface area contributed by atoms with E-state index < -0.39 is 16.1 Å². The fraction of sp³-hybridized carbons (Fsp3) is 0.733. The minimum atomic E-state index is -3.88. The van der Waals surface area contributed by atoms with Crippen molar-refractivity contribution >= 4 is 28.3 Å². The van der Waals surface area contributed by atoms with E-state index in [1.807, 2.05) is 13.8 Å². The number of halogens is 1. The van der Waals surface area contributed by atoms with Crippen LogP contribution in [0, 0.1) is 19.8 Å². The molecule has 0 aliphatic heterocycles. The highest BCUT2D eigenvalue weighted by molar-refractivity contribution is 7.89. The molecule has 0 aliphatic rings. The molecule has 0 bridgehead atoms. The number of carbonyl (C=O) groups excluding carboxylic acids is 1. The maximum absolute atomic E-state index is 12.4. The summed E-state index contributed by atoms with van der Waals surface area (Å²) in [4.78, 5) is 13.8. The number of nitrogens with one attached hydrogen (secondary N) is 1. The van der Waals surface area contributed by atoms with Crippen molar-refractivity contribution in [3.63, 3.8) is 0 Å². The van der Waals surface area contributed by atoms with Crippen LogP contribution < -0.4 is 10.5 Å². The van der Waals surface area contributed by atoms with Gasteiger partial charge in [0.1, 0.15) is 10.6 Å². The van der Waals surface area contributed by atoms with E-state index >= 15 is 0 Å². The Hall–Kier alpha value is -1.16. The van der Waals surface area contributed by atoms with E-state index in [-0.39, 0.29) is 40.7 Å². The zero-order valence-corrected chi connectivity index (χ0v) is 17.2. The maximum Gasteiger partial charge on any atom is 0.246 e. The Bertz CT molecular complexity index is 656. The summed E-state index contributed by atoms with van der Waals surface area (Å²) in [7, 11) is -2.24. The van der Waals surface area contributed by atoms with Crippen molar-refractivity contribution < 1.29 is 17.7 Å². The van der Waals surface area contributed by atoms with Crippen molar-refractivity contribution in [2.45, 2.75) is 58.0 Å². The van der Waals surface area contributed by atoms with E-state index in [0.29, 0.717) is 18.9 Å². The summed E-state index contributed by atoms with van der Waals surface area (Å²) < 4.78 is 32.1. The molecule has 25 heavy (non-hydrogen) atoms. The van der Waals surface area contributed by atoms with Crippen molar-refractivity contribution in [2.75, 3.05) is 13.6 Å². The molecular weight excluding hydrogens is 368 g/mol. The minimum absolute atomic E-state index is 0. The second-order valence-electron chi connectivity index (χ2n) is 6.45. The van der Waals surface area contributed by atoms with Crippen LogP contribution in [0.15, 0.2) is 9.42 Å². The van der Waals surface area contributed by atoms with Gasteiger partial charge in [-0.15, -0.1) is 12.4 Å². The van der Waals surface area contributed by atoms with Crippen LogP contribution in [0.5, 0.6) is 0 Å². The summed E-state index contributed by atoms with van der Waals surface area (Å²) in [6.45, 7) is 9.07. The molecule has 1 aromatic rings. The number of hydrogen-bond donors (Lipinski definition) is 2. The van der Waals surface area contributed by atoms with Gasteiger partial charge in [-0.05, 0) is 33.1 Å². The van der Waals surface area contributed by atoms with Gasteiger partial charge in [0.2, 0.25) is 15.9 Å². The number of rotatable bonds is 8. The average molecular weight is 397 g/mol. The number of carbonyl (C=O) groups is 1. The number of nitrogens with zero attached hydrogens (tertiary/aromatic N) is 2. The molecule has 0 fully saturated rings. The SMILES string of the molecule is Cc1noc(C)c1S(=O)(=O)NC(C)C(=O)N(C)CCC(N)C(C)C.Cl. The Morgan fingerprint density at radius 3 is 2.32 bits per heavy atom. The number of nitrogens with two attached hydrogens (primary N) is 1. The van der Waals surface area contributed by atoms with Crippen LogP contribution >= 0.6 is 12.4 Å². The molecule has 0 aromatic carbocycles. The van der Waals surface area contributed by atoms with Crippen LogP contribution in [0.3, 0.4) is 0 Å². The number of hydrogen-bond acceptors (Lipinski definition) is 6. The van der Waals surface area contributed by atoms with E-state index in [1.165, 1.54) is 25.7 Å². The van der Waals surface area contributed by atoms with Gasteiger partial charge in [0, 0.05) is 19.6 Å². The molecule has 2 unspecified atom stereocenters. The molecule has 0 saturated carbocycles. The molecule has 0 aliphatic carbocycles. The molecule has 0 spiro atoms. The smallest absolute Gasteiger partial charge is 0.246 e. The Balaban J connectivity index is 0.00000576. The Labute approximate surface area is 156 Å². The molecule has 146 valence electrons. The Morgan fingerprint density at radius 1 is 1.32 bits per heavy atom. The highest BCUT2D eigenvalue weighted by Gasteiger charge is 2.29. The lowest BCUT2D eigenvalue weighted by Crippen LogP contribution is -2.46. The quantitative estimate of drug-likeness (QED) is 0.681. The van der Waals surface area contributed by atoms with Crippen LogP contribution in [-0.4, -0.2) is 50.1 Å². The summed E-state index contributed by atoms with van der Waals surface area (Å²) in [5.41, 5.74) is 6.23. The van der Waals surface area contributed by atoms with E-state index in [2.05, 4.69) is 9.88 Å². The van der Waals surface area contributed by atoms with Gasteiger partial charge < -0.3 is 15.2 Å². The summed E-state index contributed by atoms with van der Waals surface area (Å²) >= 11 is 0. The average Bonchev–Trinajstić information content (AvgIpc) is 2.82. The van der Waals surface area contributed by atoms with Crippen LogP contribution in [-0.2, 0) is 14.8 Å². The first-order valence-electron chi connectivity index (χ1n) is 7.93. The minimum Gasteiger partial charge on any atom is -0.360 e. The second kappa shape index (κ2) is 9.51. The van der Waals surface area contributed by atoms with Gasteiger partial charge in [-0.25, -0.2) is 8.42 Å². The lowest BCUT2D eigenvalue weighted by Gasteiger charge is -2.24. The van der Waals surface area contributed by atoms with E-state index in [9.17, 15) is 13.2 Å². The van der Waals surface area contributed by atoms with Gasteiger partial charge in [0.25, 0.3) is 0 Å². The molecule has 1 rings (SSSR count). The van der Waals surface area contributed by atoms with Gasteiger partial charge in [0.15, 0.2) is 5.76 Å². The predicted molar refractivity (Wildman–Crippen MR) is 98.1 cm³/mol. The first-order chi connectivity index (χ1) is 11.0. The molecule has 3 N–H and O–H groups in total. The molecule has 1 aromatic heterocycles. The highest BCUT2D eigenvalue weighted by Crippen LogP contribution is 2.19. The van der Waals surface area contributed by atoms with Gasteiger partial charge in [-0.2, -0.15) is 4.72 Å². The first-order valence-corrected chi connectivity index (χ1v) is 9.41. The van der Waals surface area contributed by atoms with Crippen LogP contribution in [0.1, 0.15) is 38.6 Å². The van der Waals surface area contributed by atoms with E-state index in [1.54, 1.807) is 7.05 Å². The first kappa shape index (κ1) is 23.8. The maximum atomic E-state index is 12.4. The van der Waals surface area contributed by atoms with Gasteiger partial charge in [0.05, 0.1) is 6.04 Å². The lowest BCUT2D eigenvalue weighted by molar-refractivity contribution is -0.131. The number of aryl methyl sites for hydroxylation is 2. The molecule has 8 nitrogen and oxygen atoms in total. The lowest BCUT2D eigenvalue weighted by atomic mass is 10.0. The fourth-order valence-electron chi connectivity index (χ4n) is 2.32. The molecule has 0 saturated heterocycles. The van der Waals surface area contributed by atoms with Crippen molar-refractivity contribution in [3.8, 4) is 0 Å². The van der Waals surface area contributed by atoms with Gasteiger partial charge in [-0.3, -0.25) is 4.79 Å². The summed E-state index contributed by atoms with van der Waals surface area (Å²) in [5, 5.41) is 3.63. The third kappa shape index (κ3) is 6.25. The van der Waals surface area contributed by atoms with Crippen molar-refractivity contribution in [3.05, 3.63) is 11.5 Å². The van der Waals surface area contributed by atoms with Crippen LogP contribution in [0.25, 0.3) is 0 Å². The topological polar surface area (TPSA) is 119 Å². The third-order valence-electron chi connectivity index (χ3n) is 3.97. The zero-order chi connectivity index (χ0) is 18.7. The predicted octanol–water partition coefficient (Wildman–Crippen LogP) is 1.21. The number of amides is 1. The zero-order valence-electron chi connectivity index (χ0n) is 15.6. The van der Waals surface area contributed by atoms with E-state index in [4.69, 9.17) is 10.3 Å². The standard InChI is InChI=1S/C15H28N4O4S.ClH/c1-9(2)13(16)7-8-19(6)15(20)11(4)18-24(21,22)14-10(3)17-23-12(14)5;/h9,11,13,18H,7-8,16H2,1-6H3;1H. The van der Waals surface area contributed by atoms with Crippen molar-refractivity contribution in [1.29, 1.82) is 0 Å². The molecule has 1 heterocycles. The van der Waals surface area contributed by atoms with Gasteiger partial charge in [-0.1, -0.05) is 19.0 Å². The van der Waals surface area contributed by atoms with Crippen LogP contribution in [0.4, 0.5) is 0 Å². The fourth-order valence-corrected chi connectivity index (χ4v) is 3.84. The number of likely N-dealkylation sites (N-methyl/N-ethyl adjacent to an activating group) is 1. The highest BCUT2D eigenvalue weighted by atomic mass is 35.5. The number of sulfonamides is 1. The Morgan fingerprint density at radius 2 is 1.88 bits per heavy atom. The molecule has 10 heteroatoms. The third-order valence-corrected chi connectivity index (χ3v) is 5.75. The van der Waals surface area contributed by atoms with E-state index in [0.717, 1.165) is 0 Å². The molecular formula is C15H29ClN4O4S. The Kier molecular flexibility index (Phi) is 9.07. The molecule has 2 atom stereocenters. The summed E-state index contributed by atoms with van der Waals surface area (Å²) in [6, 6.07) is -0.904. The molecule has 0 radical (unpaired) electrons. The largest absolute Gasteiger partial charge is 0.360 e. The van der Waals surface area contributed by atoms with Crippen LogP contribution in [0.2, 0.25) is 0 Å². The molecule has 1 amide bonds. The summed E-state index contributed by atoms with van der Waals surface area (Å²) in [5.74, 6) is 0.196. The monoisotopic (exact) mass is 396 g/mol. The van der Waals surface area contributed by atoms with Gasteiger partial charge >= 0.3 is 0 Å². The second-order valence-corrected chi connectivity index (χ2v) is 8.10. The summed E-state index contributed by atoms with van der Waals surface area (Å²) in [6.07, 6.45) is 0.656. The normalized spacial score (nSPS) is 14.1. The van der Waals surface area contributed by atoms with Crippen molar-refractivity contribution in [1.82, 2.24) is 14.8 Å².